The molecule has 0 saturated carbocycles. The van der Waals surface area contributed by atoms with Gasteiger partial charge in [0.25, 0.3) is 5.91 Å². The zero-order valence-corrected chi connectivity index (χ0v) is 21.7. The molecule has 0 radical (unpaired) electrons. The Bertz CT molecular complexity index is 1250. The highest BCUT2D eigenvalue weighted by Gasteiger charge is 2.32. The highest BCUT2D eigenvalue weighted by Crippen LogP contribution is 2.31. The minimum atomic E-state index is -1.36. The molecule has 0 aliphatic carbocycles. The van der Waals surface area contributed by atoms with Crippen molar-refractivity contribution in [1.82, 2.24) is 10.3 Å². The molecule has 0 bridgehead atoms. The molecule has 3 rings (SSSR count). The molecule has 3 aromatic rings. The number of carbonyl (C=O) groups excluding carboxylic acids is 3. The Morgan fingerprint density at radius 2 is 1.73 bits per heavy atom. The van der Waals surface area contributed by atoms with Gasteiger partial charge in [-0.3, -0.25) is 4.79 Å². The number of nitrogens with one attached hydrogen (secondary N) is 1. The number of carbonyl (C=O) groups is 3. The quantitative estimate of drug-likeness (QED) is 0.303. The molecule has 194 valence electrons. The molecule has 8 heteroatoms. The molecule has 37 heavy (non-hydrogen) atoms. The summed E-state index contributed by atoms with van der Waals surface area (Å²) in [4.78, 5) is 42.0. The van der Waals surface area contributed by atoms with Crippen LogP contribution >= 0.6 is 0 Å². The van der Waals surface area contributed by atoms with Gasteiger partial charge in [-0.2, -0.15) is 0 Å². The maximum atomic E-state index is 13.2. The molecule has 0 fully saturated rings. The van der Waals surface area contributed by atoms with E-state index < -0.39 is 17.4 Å². The van der Waals surface area contributed by atoms with Crippen molar-refractivity contribution in [2.45, 2.75) is 45.3 Å². The van der Waals surface area contributed by atoms with E-state index in [4.69, 9.17) is 14.2 Å². The zero-order valence-electron chi connectivity index (χ0n) is 21.7. The van der Waals surface area contributed by atoms with E-state index in [1.807, 2.05) is 38.1 Å². The van der Waals surface area contributed by atoms with E-state index in [1.165, 1.54) is 19.4 Å². The van der Waals surface area contributed by atoms with E-state index in [2.05, 4.69) is 17.2 Å². The molecular weight excluding hydrogens is 472 g/mol. The number of esters is 1. The first-order valence-electron chi connectivity index (χ1n) is 11.9. The second kappa shape index (κ2) is 12.3. The lowest BCUT2D eigenvalue weighted by molar-refractivity contribution is -0.115. The Balaban J connectivity index is 1.76. The molecule has 3 atom stereocenters. The predicted octanol–water partition coefficient (Wildman–Crippen LogP) is 4.51. The second-order valence-corrected chi connectivity index (χ2v) is 9.10. The van der Waals surface area contributed by atoms with Crippen LogP contribution in [0.1, 0.15) is 58.7 Å². The Morgan fingerprint density at radius 1 is 1.05 bits per heavy atom. The largest absolute Gasteiger partial charge is 0.493 e. The fraction of sp³-hybridized carbons (Fsp3) is 0.310. The Hall–Kier alpha value is -4.04. The molecule has 0 aliphatic rings. The van der Waals surface area contributed by atoms with Gasteiger partial charge in [0.2, 0.25) is 5.75 Å². The van der Waals surface area contributed by atoms with Crippen molar-refractivity contribution in [2.75, 3.05) is 13.7 Å². The van der Waals surface area contributed by atoms with Crippen LogP contribution in [0.25, 0.3) is 0 Å². The predicted molar refractivity (Wildman–Crippen MR) is 139 cm³/mol. The number of benzene rings is 2. The van der Waals surface area contributed by atoms with Gasteiger partial charge in [0.15, 0.2) is 11.4 Å². The molecule has 0 aliphatic heterocycles. The number of aryl methyl sites for hydroxylation is 1. The highest BCUT2D eigenvalue weighted by molar-refractivity contribution is 5.99. The lowest BCUT2D eigenvalue weighted by atomic mass is 9.92. The Labute approximate surface area is 217 Å². The van der Waals surface area contributed by atoms with Crippen molar-refractivity contribution < 1.29 is 28.6 Å². The number of hydrogen-bond donors (Lipinski definition) is 1. The molecule has 8 nitrogen and oxygen atoms in total. The molecule has 0 saturated heterocycles. The molecule has 1 aromatic heterocycles. The second-order valence-electron chi connectivity index (χ2n) is 9.10. The van der Waals surface area contributed by atoms with Crippen molar-refractivity contribution in [3.05, 3.63) is 89.2 Å². The Morgan fingerprint density at radius 3 is 2.38 bits per heavy atom. The molecular formula is C29H32N2O6. The molecule has 0 unspecified atom stereocenters. The van der Waals surface area contributed by atoms with Crippen LogP contribution in [0, 0.1) is 6.92 Å². The van der Waals surface area contributed by atoms with E-state index >= 15 is 0 Å². The van der Waals surface area contributed by atoms with E-state index in [1.54, 1.807) is 37.3 Å². The minimum absolute atomic E-state index is 0.0665. The number of aromatic nitrogens is 1. The van der Waals surface area contributed by atoms with Crippen molar-refractivity contribution in [3.8, 4) is 11.5 Å². The van der Waals surface area contributed by atoms with Crippen LogP contribution in [0.4, 0.5) is 0 Å². The van der Waals surface area contributed by atoms with Crippen LogP contribution in [0.5, 0.6) is 11.5 Å². The third kappa shape index (κ3) is 6.80. The number of rotatable bonds is 11. The van der Waals surface area contributed by atoms with Crippen LogP contribution in [-0.4, -0.2) is 48.5 Å². The van der Waals surface area contributed by atoms with Crippen LogP contribution < -0.4 is 14.8 Å². The first-order valence-corrected chi connectivity index (χ1v) is 11.9. The van der Waals surface area contributed by atoms with Gasteiger partial charge in [-0.1, -0.05) is 49.4 Å². The van der Waals surface area contributed by atoms with Crippen molar-refractivity contribution in [1.29, 1.82) is 0 Å². The summed E-state index contributed by atoms with van der Waals surface area (Å²) < 4.78 is 16.8. The van der Waals surface area contributed by atoms with Gasteiger partial charge >= 0.3 is 5.97 Å². The fourth-order valence-corrected chi connectivity index (χ4v) is 3.80. The van der Waals surface area contributed by atoms with Gasteiger partial charge in [-0.25, -0.2) is 9.78 Å². The summed E-state index contributed by atoms with van der Waals surface area (Å²) in [5.41, 5.74) is 1.04. The van der Waals surface area contributed by atoms with Crippen molar-refractivity contribution in [3.63, 3.8) is 0 Å². The third-order valence-corrected chi connectivity index (χ3v) is 6.20. The molecule has 1 N–H and O–H groups in total. The summed E-state index contributed by atoms with van der Waals surface area (Å²) in [5.74, 6) is -1.33. The highest BCUT2D eigenvalue weighted by atomic mass is 16.6. The SMILES string of the molecule is COc1ccnc(C(=O)N[C@](C)(C=O)CO[C@@H](C)[C@@H](C)c2ccccc2C)c1OC(=O)c1ccccc1. The lowest BCUT2D eigenvalue weighted by Crippen LogP contribution is -2.51. The monoisotopic (exact) mass is 504 g/mol. The van der Waals surface area contributed by atoms with Crippen LogP contribution in [0.15, 0.2) is 66.9 Å². The van der Waals surface area contributed by atoms with E-state index in [0.29, 0.717) is 11.8 Å². The zero-order chi connectivity index (χ0) is 27.0. The number of hydrogen-bond acceptors (Lipinski definition) is 7. The molecule has 0 spiro atoms. The Kier molecular flexibility index (Phi) is 9.14. The number of aldehydes is 1. The van der Waals surface area contributed by atoms with Crippen LogP contribution in [0.3, 0.4) is 0 Å². The van der Waals surface area contributed by atoms with Gasteiger partial charge < -0.3 is 24.3 Å². The first kappa shape index (κ1) is 27.5. The smallest absolute Gasteiger partial charge is 0.343 e. The standard InChI is InChI=1S/C29H32N2O6/c1-19-11-9-10-14-23(19)20(2)21(3)36-18-29(4,17-32)31-27(33)25-26(24(35-5)15-16-30-25)37-28(34)22-12-7-6-8-13-22/h6-17,20-21H,18H2,1-5H3,(H,31,33)/t20-,21+,29-/m1/s1. The summed E-state index contributed by atoms with van der Waals surface area (Å²) >= 11 is 0. The molecule has 1 amide bonds. The molecule has 2 aromatic carbocycles. The fourth-order valence-electron chi connectivity index (χ4n) is 3.80. The summed E-state index contributed by atoms with van der Waals surface area (Å²) in [6.07, 6.45) is 1.75. The lowest BCUT2D eigenvalue weighted by Gasteiger charge is -2.29. The van der Waals surface area contributed by atoms with E-state index in [-0.39, 0.29) is 35.8 Å². The minimum Gasteiger partial charge on any atom is -0.493 e. The van der Waals surface area contributed by atoms with Gasteiger partial charge in [-0.05, 0) is 44.0 Å². The summed E-state index contributed by atoms with van der Waals surface area (Å²) in [6, 6.07) is 17.9. The number of methoxy groups -OCH3 is 1. The van der Waals surface area contributed by atoms with E-state index in [9.17, 15) is 14.4 Å². The number of ether oxygens (including phenoxy) is 3. The molecule has 1 heterocycles. The van der Waals surface area contributed by atoms with Crippen molar-refractivity contribution in [2.24, 2.45) is 0 Å². The summed E-state index contributed by atoms with van der Waals surface area (Å²) in [5, 5.41) is 2.67. The summed E-state index contributed by atoms with van der Waals surface area (Å²) in [6.45, 7) is 7.51. The van der Waals surface area contributed by atoms with Crippen molar-refractivity contribution >= 4 is 18.2 Å². The number of pyridine rings is 1. The van der Waals surface area contributed by atoms with Gasteiger partial charge in [0.05, 0.1) is 25.4 Å². The summed E-state index contributed by atoms with van der Waals surface area (Å²) in [7, 11) is 1.39. The maximum absolute atomic E-state index is 13.2. The average molecular weight is 505 g/mol. The first-order chi connectivity index (χ1) is 17.7. The topological polar surface area (TPSA) is 104 Å². The number of amides is 1. The normalized spacial score (nSPS) is 14.1. The van der Waals surface area contributed by atoms with E-state index in [0.717, 1.165) is 11.1 Å². The number of nitrogens with zero attached hydrogens (tertiary/aromatic N) is 1. The van der Waals surface area contributed by atoms with Gasteiger partial charge in [0.1, 0.15) is 11.8 Å². The third-order valence-electron chi connectivity index (χ3n) is 6.20. The van der Waals surface area contributed by atoms with Crippen LogP contribution in [-0.2, 0) is 9.53 Å². The van der Waals surface area contributed by atoms with Crippen LogP contribution in [0.2, 0.25) is 0 Å². The maximum Gasteiger partial charge on any atom is 0.343 e. The average Bonchev–Trinajstić information content (AvgIpc) is 2.92. The van der Waals surface area contributed by atoms with Gasteiger partial charge in [0, 0.05) is 18.2 Å². The van der Waals surface area contributed by atoms with Gasteiger partial charge in [-0.15, -0.1) is 0 Å².